The normalized spacial score (nSPS) is 22.5. The van der Waals surface area contributed by atoms with E-state index in [4.69, 9.17) is 0 Å². The zero-order valence-corrected chi connectivity index (χ0v) is 11.6. The van der Waals surface area contributed by atoms with Gasteiger partial charge in [-0.25, -0.2) is 0 Å². The van der Waals surface area contributed by atoms with Crippen molar-refractivity contribution in [3.63, 3.8) is 0 Å². The molecule has 0 aromatic heterocycles. The van der Waals surface area contributed by atoms with Crippen LogP contribution in [0.25, 0.3) is 0 Å². The average Bonchev–Trinajstić information content (AvgIpc) is 2.46. The van der Waals surface area contributed by atoms with Crippen molar-refractivity contribution in [3.05, 3.63) is 33.9 Å². The summed E-state index contributed by atoms with van der Waals surface area (Å²) in [6.45, 7) is 2.55. The smallest absolute Gasteiger partial charge is 0.366 e. The van der Waals surface area contributed by atoms with E-state index >= 15 is 0 Å². The van der Waals surface area contributed by atoms with E-state index in [1.54, 1.807) is 11.8 Å². The molecule has 1 aromatic rings. The molecule has 0 bridgehead atoms. The maximum atomic E-state index is 13.0. The molecule has 2 unspecified atom stereocenters. The van der Waals surface area contributed by atoms with Gasteiger partial charge in [0, 0.05) is 30.9 Å². The second-order valence-electron chi connectivity index (χ2n) is 5.01. The Hall–Kier alpha value is -2.16. The average molecular weight is 317 g/mol. The summed E-state index contributed by atoms with van der Waals surface area (Å²) >= 11 is 0. The summed E-state index contributed by atoms with van der Waals surface area (Å²) in [4.78, 5) is 22.3. The fraction of sp³-hybridized carbons (Fsp3) is 0.462. The van der Waals surface area contributed by atoms with Gasteiger partial charge in [-0.05, 0) is 19.1 Å². The first-order valence-corrected chi connectivity index (χ1v) is 6.56. The van der Waals surface area contributed by atoms with Crippen LogP contribution in [0.1, 0.15) is 12.5 Å². The van der Waals surface area contributed by atoms with E-state index in [1.165, 1.54) is 6.07 Å². The number of nitrogens with one attached hydrogen (secondary N) is 1. The minimum atomic E-state index is -4.82. The molecule has 1 heterocycles. The van der Waals surface area contributed by atoms with E-state index in [2.05, 4.69) is 5.32 Å². The first-order valence-electron chi connectivity index (χ1n) is 6.56. The SMILES string of the molecule is CC1C(C=O)NCCN1c1ccc([N+](=O)[O-])c(C(F)(F)F)c1. The first-order chi connectivity index (χ1) is 10.3. The fourth-order valence-electron chi connectivity index (χ4n) is 2.53. The number of aldehydes is 1. The van der Waals surface area contributed by atoms with E-state index in [0.29, 0.717) is 19.4 Å². The number of hydrogen-bond acceptors (Lipinski definition) is 5. The molecule has 6 nitrogen and oxygen atoms in total. The molecule has 2 atom stereocenters. The van der Waals surface area contributed by atoms with E-state index in [-0.39, 0.29) is 11.7 Å². The van der Waals surface area contributed by atoms with Gasteiger partial charge in [0.1, 0.15) is 11.8 Å². The molecule has 0 spiro atoms. The minimum absolute atomic E-state index is 0.207. The molecule has 1 fully saturated rings. The number of carbonyl (C=O) groups is 1. The largest absolute Gasteiger partial charge is 0.423 e. The van der Waals surface area contributed by atoms with Gasteiger partial charge in [-0.1, -0.05) is 0 Å². The van der Waals surface area contributed by atoms with Gasteiger partial charge in [-0.15, -0.1) is 0 Å². The molecule has 120 valence electrons. The Bertz CT molecular complexity index is 592. The monoisotopic (exact) mass is 317 g/mol. The van der Waals surface area contributed by atoms with E-state index in [1.807, 2.05) is 0 Å². The summed E-state index contributed by atoms with van der Waals surface area (Å²) in [5.41, 5.74) is -2.06. The summed E-state index contributed by atoms with van der Waals surface area (Å²) < 4.78 is 39.0. The summed E-state index contributed by atoms with van der Waals surface area (Å²) in [5, 5.41) is 13.7. The Morgan fingerprint density at radius 1 is 1.45 bits per heavy atom. The van der Waals surface area contributed by atoms with Crippen LogP contribution in [0.4, 0.5) is 24.5 Å². The van der Waals surface area contributed by atoms with Crippen LogP contribution in [0.15, 0.2) is 18.2 Å². The van der Waals surface area contributed by atoms with Crippen LogP contribution in [0.2, 0.25) is 0 Å². The van der Waals surface area contributed by atoms with Gasteiger partial charge >= 0.3 is 6.18 Å². The summed E-state index contributed by atoms with van der Waals surface area (Å²) in [6.07, 6.45) is -4.12. The van der Waals surface area contributed by atoms with Crippen molar-refractivity contribution in [2.75, 3.05) is 18.0 Å². The number of piperazine rings is 1. The van der Waals surface area contributed by atoms with Gasteiger partial charge in [-0.2, -0.15) is 13.2 Å². The third-order valence-corrected chi connectivity index (χ3v) is 3.70. The van der Waals surface area contributed by atoms with Crippen LogP contribution in [0.3, 0.4) is 0 Å². The standard InChI is InChI=1S/C13H14F3N3O3/c1-8-11(7-20)17-4-5-18(8)9-2-3-12(19(21)22)10(6-9)13(14,15)16/h2-3,6-8,11,17H,4-5H2,1H3. The third kappa shape index (κ3) is 3.03. The molecule has 1 aromatic carbocycles. The molecule has 0 aliphatic carbocycles. The molecule has 0 amide bonds. The zero-order valence-electron chi connectivity index (χ0n) is 11.6. The fourth-order valence-corrected chi connectivity index (χ4v) is 2.53. The number of nitro groups is 1. The Kier molecular flexibility index (Phi) is 4.36. The molecule has 0 saturated carbocycles. The van der Waals surface area contributed by atoms with Crippen LogP contribution >= 0.6 is 0 Å². The van der Waals surface area contributed by atoms with Crippen LogP contribution in [-0.4, -0.2) is 36.4 Å². The van der Waals surface area contributed by atoms with Crippen molar-refractivity contribution in [2.45, 2.75) is 25.2 Å². The maximum absolute atomic E-state index is 13.0. The van der Waals surface area contributed by atoms with Crippen LogP contribution in [0.5, 0.6) is 0 Å². The van der Waals surface area contributed by atoms with Gasteiger partial charge < -0.3 is 15.0 Å². The van der Waals surface area contributed by atoms with E-state index < -0.39 is 28.4 Å². The highest BCUT2D eigenvalue weighted by Crippen LogP contribution is 2.38. The molecule has 1 aliphatic heterocycles. The Labute approximate surface area is 124 Å². The summed E-state index contributed by atoms with van der Waals surface area (Å²) in [5.74, 6) is 0. The van der Waals surface area contributed by atoms with Crippen LogP contribution in [0, 0.1) is 10.1 Å². The van der Waals surface area contributed by atoms with Crippen LogP contribution in [-0.2, 0) is 11.0 Å². The number of nitrogens with zero attached hydrogens (tertiary/aromatic N) is 2. The summed E-state index contributed by atoms with van der Waals surface area (Å²) in [6, 6.07) is 2.04. The number of anilines is 1. The Balaban J connectivity index is 2.44. The molecular weight excluding hydrogens is 303 g/mol. The molecule has 1 saturated heterocycles. The number of rotatable bonds is 3. The van der Waals surface area contributed by atoms with Gasteiger partial charge in [-0.3, -0.25) is 10.1 Å². The van der Waals surface area contributed by atoms with E-state index in [9.17, 15) is 28.1 Å². The molecule has 9 heteroatoms. The number of hydrogen-bond donors (Lipinski definition) is 1. The van der Waals surface area contributed by atoms with Gasteiger partial charge in [0.2, 0.25) is 0 Å². The number of carbonyl (C=O) groups excluding carboxylic acids is 1. The lowest BCUT2D eigenvalue weighted by Gasteiger charge is -2.39. The molecule has 22 heavy (non-hydrogen) atoms. The molecule has 1 N–H and O–H groups in total. The molecular formula is C13H14F3N3O3. The molecule has 1 aliphatic rings. The van der Waals surface area contributed by atoms with E-state index in [0.717, 1.165) is 12.1 Å². The third-order valence-electron chi connectivity index (χ3n) is 3.70. The number of nitro benzene ring substituents is 1. The van der Waals surface area contributed by atoms with Crippen molar-refractivity contribution in [3.8, 4) is 0 Å². The zero-order chi connectivity index (χ0) is 16.5. The lowest BCUT2D eigenvalue weighted by atomic mass is 10.0. The highest BCUT2D eigenvalue weighted by Gasteiger charge is 2.39. The van der Waals surface area contributed by atoms with Gasteiger partial charge in [0.25, 0.3) is 5.69 Å². The van der Waals surface area contributed by atoms with Gasteiger partial charge in [0.05, 0.1) is 11.0 Å². The predicted molar refractivity (Wildman–Crippen MR) is 72.8 cm³/mol. The Morgan fingerprint density at radius 2 is 2.14 bits per heavy atom. The van der Waals surface area contributed by atoms with Crippen molar-refractivity contribution in [1.82, 2.24) is 5.32 Å². The van der Waals surface area contributed by atoms with Crippen molar-refractivity contribution < 1.29 is 22.9 Å². The second kappa shape index (κ2) is 5.91. The first kappa shape index (κ1) is 16.2. The molecule has 0 radical (unpaired) electrons. The van der Waals surface area contributed by atoms with Gasteiger partial charge in [0.15, 0.2) is 0 Å². The quantitative estimate of drug-likeness (QED) is 0.524. The van der Waals surface area contributed by atoms with Crippen molar-refractivity contribution in [2.24, 2.45) is 0 Å². The van der Waals surface area contributed by atoms with Crippen molar-refractivity contribution in [1.29, 1.82) is 0 Å². The second-order valence-corrected chi connectivity index (χ2v) is 5.01. The lowest BCUT2D eigenvalue weighted by molar-refractivity contribution is -0.388. The topological polar surface area (TPSA) is 75.5 Å². The number of halogens is 3. The Morgan fingerprint density at radius 3 is 2.68 bits per heavy atom. The number of benzene rings is 1. The number of alkyl halides is 3. The van der Waals surface area contributed by atoms with Crippen LogP contribution < -0.4 is 10.2 Å². The molecule has 2 rings (SSSR count). The lowest BCUT2D eigenvalue weighted by Crippen LogP contribution is -2.57. The highest BCUT2D eigenvalue weighted by atomic mass is 19.4. The predicted octanol–water partition coefficient (Wildman–Crippen LogP) is 1.98. The minimum Gasteiger partial charge on any atom is -0.366 e. The van der Waals surface area contributed by atoms with Crippen molar-refractivity contribution >= 4 is 17.7 Å². The highest BCUT2D eigenvalue weighted by molar-refractivity contribution is 5.64. The summed E-state index contributed by atoms with van der Waals surface area (Å²) in [7, 11) is 0. The maximum Gasteiger partial charge on any atom is 0.423 e.